The van der Waals surface area contributed by atoms with Crippen LogP contribution < -0.4 is 0 Å². The Labute approximate surface area is 333 Å². The Bertz CT molecular complexity index is 3900. The van der Waals surface area contributed by atoms with Crippen LogP contribution in [0.3, 0.4) is 0 Å². The first-order chi connectivity index (χ1) is 31.1. The molecule has 2 nitrogen and oxygen atoms in total. The summed E-state index contributed by atoms with van der Waals surface area (Å²) in [4.78, 5) is 0. The fraction of sp³-hybridized carbons (Fsp3) is 0. The fourth-order valence-corrected chi connectivity index (χ4v) is 8.50. The van der Waals surface area contributed by atoms with Crippen molar-refractivity contribution in [1.82, 2.24) is 0 Å². The Morgan fingerprint density at radius 2 is 0.768 bits per heavy atom. The van der Waals surface area contributed by atoms with Gasteiger partial charge in [0, 0.05) is 21.5 Å². The highest BCUT2D eigenvalue weighted by Crippen LogP contribution is 2.45. The molecule has 2 aromatic heterocycles. The molecule has 0 saturated carbocycles. The summed E-state index contributed by atoms with van der Waals surface area (Å²) < 4.78 is 85.3. The van der Waals surface area contributed by atoms with Crippen LogP contribution in [0.2, 0.25) is 0 Å². The molecule has 260 valence electrons. The van der Waals surface area contributed by atoms with Crippen molar-refractivity contribution >= 4 is 76.2 Å². The first kappa shape index (κ1) is 24.1. The van der Waals surface area contributed by atoms with E-state index in [4.69, 9.17) is 14.3 Å². The Morgan fingerprint density at radius 1 is 0.304 bits per heavy atom. The molecule has 0 atom stereocenters. The van der Waals surface area contributed by atoms with Crippen molar-refractivity contribution in [3.63, 3.8) is 0 Å². The molecular weight excluding hydrogens is 681 g/mol. The molecule has 0 amide bonds. The predicted octanol–water partition coefficient (Wildman–Crippen LogP) is 15.6. The van der Waals surface area contributed by atoms with Crippen LogP contribution in [-0.2, 0) is 0 Å². The number of benzene rings is 10. The highest BCUT2D eigenvalue weighted by molar-refractivity contribution is 6.26. The van der Waals surface area contributed by atoms with Gasteiger partial charge in [-0.1, -0.05) is 151 Å². The molecular formula is C54H32O2. The lowest BCUT2D eigenvalue weighted by molar-refractivity contribution is 0.663. The van der Waals surface area contributed by atoms with E-state index < -0.39 is 24.2 Å². The van der Waals surface area contributed by atoms with E-state index in [1.165, 1.54) is 0 Å². The van der Waals surface area contributed by atoms with Crippen LogP contribution in [0.4, 0.5) is 0 Å². The van der Waals surface area contributed by atoms with Crippen molar-refractivity contribution in [3.8, 4) is 44.5 Å². The number of hydrogen-bond donors (Lipinski definition) is 0. The van der Waals surface area contributed by atoms with Gasteiger partial charge < -0.3 is 8.83 Å². The molecule has 0 aliphatic carbocycles. The lowest BCUT2D eigenvalue weighted by Crippen LogP contribution is -1.91. The summed E-state index contributed by atoms with van der Waals surface area (Å²) in [5.41, 5.74) is 8.76. The van der Waals surface area contributed by atoms with Crippen LogP contribution in [-0.4, -0.2) is 0 Å². The zero-order chi connectivity index (χ0) is 43.7. The Balaban J connectivity index is 1.05. The summed E-state index contributed by atoms with van der Waals surface area (Å²) in [7, 11) is 0. The minimum Gasteiger partial charge on any atom is -0.456 e. The normalized spacial score (nSPS) is 13.9. The van der Waals surface area contributed by atoms with E-state index in [1.807, 2.05) is 115 Å². The van der Waals surface area contributed by atoms with Crippen LogP contribution in [0.5, 0.6) is 0 Å². The minimum absolute atomic E-state index is 0.182. The topological polar surface area (TPSA) is 26.3 Å². The van der Waals surface area contributed by atoms with Gasteiger partial charge in [0.1, 0.15) is 22.3 Å². The molecule has 2 heterocycles. The van der Waals surface area contributed by atoms with Gasteiger partial charge in [0.05, 0.1) is 11.0 Å². The summed E-state index contributed by atoms with van der Waals surface area (Å²) in [6.07, 6.45) is 0. The average molecular weight is 721 g/mol. The van der Waals surface area contributed by atoms with Gasteiger partial charge in [-0.15, -0.1) is 0 Å². The van der Waals surface area contributed by atoms with Crippen LogP contribution in [0.1, 0.15) is 11.0 Å². The van der Waals surface area contributed by atoms with E-state index in [-0.39, 0.29) is 45.7 Å². The van der Waals surface area contributed by atoms with Crippen molar-refractivity contribution in [3.05, 3.63) is 194 Å². The van der Waals surface area contributed by atoms with Crippen molar-refractivity contribution in [2.75, 3.05) is 0 Å². The third-order valence-corrected chi connectivity index (χ3v) is 11.1. The summed E-state index contributed by atoms with van der Waals surface area (Å²) in [6, 6.07) is 44.4. The van der Waals surface area contributed by atoms with E-state index in [2.05, 4.69) is 30.3 Å². The second-order valence-electron chi connectivity index (χ2n) is 14.2. The van der Waals surface area contributed by atoms with Gasteiger partial charge in [-0.3, -0.25) is 0 Å². The maximum atomic E-state index is 9.37. The summed E-state index contributed by atoms with van der Waals surface area (Å²) >= 11 is 0. The number of rotatable bonds is 4. The molecule has 10 aromatic carbocycles. The molecule has 0 saturated heterocycles. The molecule has 12 aromatic rings. The molecule has 0 radical (unpaired) electrons. The minimum atomic E-state index is -0.432. The van der Waals surface area contributed by atoms with Gasteiger partial charge >= 0.3 is 0 Å². The molecule has 0 bridgehead atoms. The zero-order valence-electron chi connectivity index (χ0n) is 37.7. The predicted molar refractivity (Wildman–Crippen MR) is 235 cm³/mol. The first-order valence-electron chi connectivity index (χ1n) is 22.5. The second kappa shape index (κ2) is 12.0. The summed E-state index contributed by atoms with van der Waals surface area (Å²) in [5.74, 6) is 0. The molecule has 0 aliphatic rings. The zero-order valence-corrected chi connectivity index (χ0v) is 29.7. The van der Waals surface area contributed by atoms with E-state index in [0.717, 1.165) is 76.9 Å². The SMILES string of the molecule is [2H]c1c([2H])c([2H])c2c(-c3ccc4cc(-c5ccc6c(c5)oc5ccc7oc8ccccc8c7c56)ccc4c3)c3c([2H])c([2H])c([2H])c([2H])c3c(-c3ccc(-c4ccccc4)cc3)c2c1[2H]. The molecule has 0 spiro atoms. The van der Waals surface area contributed by atoms with Crippen LogP contribution in [0.15, 0.2) is 203 Å². The Morgan fingerprint density at radius 3 is 1.45 bits per heavy atom. The molecule has 56 heavy (non-hydrogen) atoms. The smallest absolute Gasteiger partial charge is 0.136 e. The van der Waals surface area contributed by atoms with E-state index >= 15 is 0 Å². The van der Waals surface area contributed by atoms with Gasteiger partial charge in [-0.05, 0) is 119 Å². The van der Waals surface area contributed by atoms with Crippen molar-refractivity contribution in [2.45, 2.75) is 0 Å². The average Bonchev–Trinajstić information content (AvgIpc) is 3.90. The number of furan rings is 2. The Kier molecular flexibility index (Phi) is 5.18. The van der Waals surface area contributed by atoms with Gasteiger partial charge in [-0.2, -0.15) is 0 Å². The van der Waals surface area contributed by atoms with Crippen LogP contribution >= 0.6 is 0 Å². The van der Waals surface area contributed by atoms with Gasteiger partial charge in [0.2, 0.25) is 0 Å². The van der Waals surface area contributed by atoms with Crippen molar-refractivity contribution in [2.24, 2.45) is 0 Å². The Hall–Kier alpha value is -7.42. The molecule has 12 rings (SSSR count). The van der Waals surface area contributed by atoms with Crippen LogP contribution in [0, 0.1) is 0 Å². The monoisotopic (exact) mass is 720 g/mol. The maximum Gasteiger partial charge on any atom is 0.136 e. The first-order valence-corrected chi connectivity index (χ1v) is 18.5. The lowest BCUT2D eigenvalue weighted by Gasteiger charge is -2.18. The maximum absolute atomic E-state index is 9.37. The number of fused-ring (bicyclic) bond motifs is 10. The summed E-state index contributed by atoms with van der Waals surface area (Å²) in [5, 5.41) is 6.55. The highest BCUT2D eigenvalue weighted by Gasteiger charge is 2.19. The third-order valence-electron chi connectivity index (χ3n) is 11.1. The quantitative estimate of drug-likeness (QED) is 0.169. The summed E-state index contributed by atoms with van der Waals surface area (Å²) in [6.45, 7) is 0. The number of para-hydroxylation sites is 1. The molecule has 2 heteroatoms. The standard InChI is InChI=1S/C54H32O2/c1-2-10-33(11-3-1)34-18-20-35(21-19-34)51-41-12-4-6-14-43(41)52(44-15-7-5-13-42(44)51)40-25-24-36-30-37(22-23-38(36)31-40)39-26-27-46-50(32-39)56-49-29-28-48-53(54(46)49)45-16-8-9-17-47(45)55-48/h1-32H/i4D,5D,6D,7D,12D,13D,14D,15D. The van der Waals surface area contributed by atoms with Crippen molar-refractivity contribution in [1.29, 1.82) is 0 Å². The molecule has 0 unspecified atom stereocenters. The van der Waals surface area contributed by atoms with E-state index in [1.54, 1.807) is 0 Å². The lowest BCUT2D eigenvalue weighted by atomic mass is 9.85. The third kappa shape index (κ3) is 4.69. The van der Waals surface area contributed by atoms with Crippen molar-refractivity contribution < 1.29 is 19.8 Å². The number of hydrogen-bond acceptors (Lipinski definition) is 2. The van der Waals surface area contributed by atoms with Gasteiger partial charge in [0.25, 0.3) is 0 Å². The van der Waals surface area contributed by atoms with Crippen LogP contribution in [0.25, 0.3) is 121 Å². The largest absolute Gasteiger partial charge is 0.456 e. The fourth-order valence-electron chi connectivity index (χ4n) is 8.50. The van der Waals surface area contributed by atoms with Gasteiger partial charge in [-0.25, -0.2) is 0 Å². The molecule has 0 aliphatic heterocycles. The molecule has 0 N–H and O–H groups in total. The van der Waals surface area contributed by atoms with E-state index in [9.17, 15) is 5.48 Å². The molecule has 0 fully saturated rings. The second-order valence-corrected chi connectivity index (χ2v) is 14.2. The van der Waals surface area contributed by atoms with Gasteiger partial charge in [0.15, 0.2) is 0 Å². The van der Waals surface area contributed by atoms with E-state index in [0.29, 0.717) is 22.3 Å². The highest BCUT2D eigenvalue weighted by atomic mass is 16.3.